The Bertz CT molecular complexity index is 1050. The second-order valence-corrected chi connectivity index (χ2v) is 8.11. The topological polar surface area (TPSA) is 73.3 Å². The molecule has 0 spiro atoms. The van der Waals surface area contributed by atoms with Gasteiger partial charge in [0.15, 0.2) is 0 Å². The van der Waals surface area contributed by atoms with Crippen molar-refractivity contribution in [3.63, 3.8) is 0 Å². The van der Waals surface area contributed by atoms with Crippen molar-refractivity contribution in [2.75, 3.05) is 53.0 Å². The molecule has 7 nitrogen and oxygen atoms in total. The lowest BCUT2D eigenvalue weighted by molar-refractivity contribution is -0.137. The Morgan fingerprint density at radius 2 is 1.64 bits per heavy atom. The minimum Gasteiger partial charge on any atom is -0.496 e. The third-order valence-corrected chi connectivity index (χ3v) is 6.16. The predicted molar refractivity (Wildman–Crippen MR) is 122 cm³/mol. The van der Waals surface area contributed by atoms with Gasteiger partial charge in [-0.25, -0.2) is 4.39 Å². The molecule has 0 aromatic heterocycles. The van der Waals surface area contributed by atoms with Crippen LogP contribution in [0.4, 0.5) is 4.39 Å². The summed E-state index contributed by atoms with van der Waals surface area (Å²) in [5, 5.41) is 9.22. The van der Waals surface area contributed by atoms with E-state index in [2.05, 4.69) is 4.90 Å². The number of hydrogen-bond acceptors (Lipinski definition) is 6. The first-order valence-corrected chi connectivity index (χ1v) is 11.1. The average Bonchev–Trinajstić information content (AvgIpc) is 3.08. The van der Waals surface area contributed by atoms with Gasteiger partial charge in [0.2, 0.25) is 0 Å². The number of rotatable bonds is 8. The number of imide groups is 1. The van der Waals surface area contributed by atoms with E-state index in [0.29, 0.717) is 61.7 Å². The molecular formula is C25H28FN3O4. The standard InChI is InChI=1S/C25H28FN3O4/c1-33-21-5-3-2-4-20(21)22-23(28-14-12-27(13-15-28)16-17-30)25(32)29(24(22)31)11-10-18-6-8-19(26)9-7-18/h2-9,30H,10-17H2,1H3. The van der Waals surface area contributed by atoms with E-state index in [1.54, 1.807) is 31.4 Å². The molecular weight excluding hydrogens is 425 g/mol. The number of aliphatic hydroxyl groups excluding tert-OH is 1. The lowest BCUT2D eigenvalue weighted by Crippen LogP contribution is -2.48. The van der Waals surface area contributed by atoms with Gasteiger partial charge in [-0.3, -0.25) is 19.4 Å². The maximum Gasteiger partial charge on any atom is 0.277 e. The van der Waals surface area contributed by atoms with Gasteiger partial charge < -0.3 is 14.7 Å². The first kappa shape index (κ1) is 22.9. The zero-order chi connectivity index (χ0) is 23.4. The monoisotopic (exact) mass is 453 g/mol. The van der Waals surface area contributed by atoms with Crippen LogP contribution in [0.5, 0.6) is 5.75 Å². The summed E-state index contributed by atoms with van der Waals surface area (Å²) < 4.78 is 18.7. The third-order valence-electron chi connectivity index (χ3n) is 6.16. The Morgan fingerprint density at radius 3 is 2.30 bits per heavy atom. The van der Waals surface area contributed by atoms with E-state index in [4.69, 9.17) is 4.74 Å². The van der Waals surface area contributed by atoms with Crippen molar-refractivity contribution in [2.24, 2.45) is 0 Å². The SMILES string of the molecule is COc1ccccc1C1=C(N2CCN(CCO)CC2)C(=O)N(CCc2ccc(F)cc2)C1=O. The van der Waals surface area contributed by atoms with Crippen LogP contribution >= 0.6 is 0 Å². The van der Waals surface area contributed by atoms with Gasteiger partial charge >= 0.3 is 0 Å². The molecule has 1 N–H and O–H groups in total. The zero-order valence-corrected chi connectivity index (χ0v) is 18.7. The van der Waals surface area contributed by atoms with Crippen LogP contribution in [0.15, 0.2) is 54.2 Å². The maximum absolute atomic E-state index is 13.5. The van der Waals surface area contributed by atoms with E-state index in [9.17, 15) is 19.1 Å². The van der Waals surface area contributed by atoms with Crippen molar-refractivity contribution >= 4 is 17.4 Å². The summed E-state index contributed by atoms with van der Waals surface area (Å²) in [5.41, 5.74) is 2.19. The zero-order valence-electron chi connectivity index (χ0n) is 18.7. The molecule has 0 unspecified atom stereocenters. The first-order chi connectivity index (χ1) is 16.0. The van der Waals surface area contributed by atoms with Crippen LogP contribution in [0.3, 0.4) is 0 Å². The summed E-state index contributed by atoms with van der Waals surface area (Å²) in [7, 11) is 1.54. The highest BCUT2D eigenvalue weighted by Gasteiger charge is 2.42. The lowest BCUT2D eigenvalue weighted by Gasteiger charge is -2.36. The van der Waals surface area contributed by atoms with E-state index in [1.807, 2.05) is 17.0 Å². The van der Waals surface area contributed by atoms with Gasteiger partial charge in [-0.2, -0.15) is 0 Å². The largest absolute Gasteiger partial charge is 0.496 e. The van der Waals surface area contributed by atoms with E-state index >= 15 is 0 Å². The Labute approximate surface area is 192 Å². The molecule has 2 aliphatic rings. The van der Waals surface area contributed by atoms with Crippen molar-refractivity contribution in [1.82, 2.24) is 14.7 Å². The first-order valence-electron chi connectivity index (χ1n) is 11.1. The average molecular weight is 454 g/mol. The van der Waals surface area contributed by atoms with Gasteiger partial charge in [0.25, 0.3) is 11.8 Å². The molecule has 2 amide bonds. The molecule has 1 saturated heterocycles. The van der Waals surface area contributed by atoms with Crippen LogP contribution in [0.1, 0.15) is 11.1 Å². The Balaban J connectivity index is 1.64. The highest BCUT2D eigenvalue weighted by atomic mass is 19.1. The van der Waals surface area contributed by atoms with Crippen LogP contribution in [-0.2, 0) is 16.0 Å². The molecule has 2 aromatic rings. The summed E-state index contributed by atoms with van der Waals surface area (Å²) >= 11 is 0. The van der Waals surface area contributed by atoms with Gasteiger partial charge in [-0.15, -0.1) is 0 Å². The molecule has 4 rings (SSSR count). The van der Waals surface area contributed by atoms with Gasteiger partial charge in [0.1, 0.15) is 17.3 Å². The lowest BCUT2D eigenvalue weighted by atomic mass is 10.0. The highest BCUT2D eigenvalue weighted by Crippen LogP contribution is 2.36. The van der Waals surface area contributed by atoms with Crippen molar-refractivity contribution < 1.29 is 23.8 Å². The number of benzene rings is 2. The summed E-state index contributed by atoms with van der Waals surface area (Å²) in [5.74, 6) is -0.460. The number of para-hydroxylation sites is 1. The maximum atomic E-state index is 13.5. The second-order valence-electron chi connectivity index (χ2n) is 8.11. The number of ether oxygens (including phenoxy) is 1. The van der Waals surface area contributed by atoms with E-state index < -0.39 is 0 Å². The second kappa shape index (κ2) is 10.1. The third kappa shape index (κ3) is 4.77. The molecule has 1 fully saturated rings. The van der Waals surface area contributed by atoms with Crippen molar-refractivity contribution in [1.29, 1.82) is 0 Å². The molecule has 33 heavy (non-hydrogen) atoms. The number of piperazine rings is 1. The fourth-order valence-corrected chi connectivity index (χ4v) is 4.38. The molecule has 0 bridgehead atoms. The fourth-order valence-electron chi connectivity index (χ4n) is 4.38. The van der Waals surface area contributed by atoms with Gasteiger partial charge in [-0.1, -0.05) is 30.3 Å². The number of β-amino-alcohol motifs (C(OH)–C–C–N with tert-alkyl or cyclic N) is 1. The summed E-state index contributed by atoms with van der Waals surface area (Å²) in [6.07, 6.45) is 0.439. The minimum absolute atomic E-state index is 0.0870. The molecule has 0 radical (unpaired) electrons. The molecule has 0 atom stereocenters. The molecule has 174 valence electrons. The molecule has 2 heterocycles. The summed E-state index contributed by atoms with van der Waals surface area (Å²) in [6, 6.07) is 13.3. The Kier molecular flexibility index (Phi) is 7.05. The number of aliphatic hydroxyl groups is 1. The smallest absolute Gasteiger partial charge is 0.277 e. The minimum atomic E-state index is -0.348. The van der Waals surface area contributed by atoms with E-state index in [1.165, 1.54) is 17.0 Å². The van der Waals surface area contributed by atoms with Crippen LogP contribution in [0.2, 0.25) is 0 Å². The number of nitrogens with zero attached hydrogens (tertiary/aromatic N) is 3. The number of carbonyl (C=O) groups is 2. The van der Waals surface area contributed by atoms with Crippen LogP contribution in [-0.4, -0.2) is 84.6 Å². The molecule has 2 aliphatic heterocycles. The van der Waals surface area contributed by atoms with Crippen molar-refractivity contribution in [2.45, 2.75) is 6.42 Å². The Morgan fingerprint density at radius 1 is 0.939 bits per heavy atom. The normalized spacial score (nSPS) is 17.3. The molecule has 8 heteroatoms. The number of halogens is 1. The molecule has 0 aliphatic carbocycles. The van der Waals surface area contributed by atoms with Gasteiger partial charge in [-0.05, 0) is 30.2 Å². The number of amides is 2. The molecule has 2 aromatic carbocycles. The van der Waals surface area contributed by atoms with E-state index in [-0.39, 0.29) is 30.8 Å². The van der Waals surface area contributed by atoms with E-state index in [0.717, 1.165) is 5.56 Å². The number of hydrogen-bond donors (Lipinski definition) is 1. The fraction of sp³-hybridized carbons (Fsp3) is 0.360. The van der Waals surface area contributed by atoms with Crippen LogP contribution in [0, 0.1) is 5.82 Å². The van der Waals surface area contributed by atoms with Crippen molar-refractivity contribution in [3.8, 4) is 5.75 Å². The predicted octanol–water partition coefficient (Wildman–Crippen LogP) is 1.77. The van der Waals surface area contributed by atoms with Crippen LogP contribution in [0.25, 0.3) is 5.57 Å². The van der Waals surface area contributed by atoms with Gasteiger partial charge in [0, 0.05) is 44.8 Å². The number of methoxy groups -OCH3 is 1. The van der Waals surface area contributed by atoms with Gasteiger partial charge in [0.05, 0.1) is 19.3 Å². The quantitative estimate of drug-likeness (QED) is 0.615. The highest BCUT2D eigenvalue weighted by molar-refractivity contribution is 6.36. The molecule has 0 saturated carbocycles. The Hall–Kier alpha value is -3.23. The number of carbonyl (C=O) groups excluding carboxylic acids is 2. The van der Waals surface area contributed by atoms with Crippen molar-refractivity contribution in [3.05, 3.63) is 71.2 Å². The summed E-state index contributed by atoms with van der Waals surface area (Å²) in [6.45, 7) is 3.43. The van der Waals surface area contributed by atoms with Crippen LogP contribution < -0.4 is 4.74 Å². The summed E-state index contributed by atoms with van der Waals surface area (Å²) in [4.78, 5) is 32.5.